The second-order valence-electron chi connectivity index (χ2n) is 7.56. The van der Waals surface area contributed by atoms with Gasteiger partial charge in [0.2, 0.25) is 5.91 Å². The largest absolute Gasteiger partial charge is 0.391 e. The predicted octanol–water partition coefficient (Wildman–Crippen LogP) is 3.50. The van der Waals surface area contributed by atoms with Crippen LogP contribution in [0, 0.1) is 5.92 Å². The monoisotopic (exact) mass is 368 g/mol. The normalized spacial score (nSPS) is 13.5. The maximum atomic E-state index is 11.9. The van der Waals surface area contributed by atoms with Crippen LogP contribution < -0.4 is 11.1 Å². The molecule has 0 aliphatic rings. The molecule has 2 aromatic rings. The highest BCUT2D eigenvalue weighted by Crippen LogP contribution is 2.27. The Hall–Kier alpha value is -2.17. The van der Waals surface area contributed by atoms with E-state index in [1.807, 2.05) is 42.5 Å². The molecule has 0 aliphatic heterocycles. The van der Waals surface area contributed by atoms with Crippen molar-refractivity contribution in [2.75, 3.05) is 13.1 Å². The fourth-order valence-electron chi connectivity index (χ4n) is 3.39. The Morgan fingerprint density at radius 2 is 1.74 bits per heavy atom. The standard InChI is InChI=1S/C23H32N2O2/c1-17(2)9-8-14-25-16-22(26)21(15-18-10-4-3-5-11-18)19-12-6-7-13-20(19)23(24)27/h3-7,10-13,17,21-22,25-26H,8-9,14-16H2,1-2H3,(H2,24,27)/t21-,22-/m0/s1. The number of hydrogen-bond acceptors (Lipinski definition) is 3. The lowest BCUT2D eigenvalue weighted by Gasteiger charge is -2.25. The number of carbonyl (C=O) groups excluding carboxylic acids is 1. The maximum absolute atomic E-state index is 11.9. The van der Waals surface area contributed by atoms with Gasteiger partial charge in [0.15, 0.2) is 0 Å². The topological polar surface area (TPSA) is 75.3 Å². The van der Waals surface area contributed by atoms with E-state index in [0.29, 0.717) is 24.4 Å². The van der Waals surface area contributed by atoms with Gasteiger partial charge in [0.05, 0.1) is 6.10 Å². The molecule has 4 nitrogen and oxygen atoms in total. The summed E-state index contributed by atoms with van der Waals surface area (Å²) in [6.45, 7) is 5.80. The number of hydrogen-bond donors (Lipinski definition) is 3. The zero-order valence-corrected chi connectivity index (χ0v) is 16.4. The van der Waals surface area contributed by atoms with E-state index in [-0.39, 0.29) is 5.92 Å². The van der Waals surface area contributed by atoms with E-state index >= 15 is 0 Å². The van der Waals surface area contributed by atoms with Crippen molar-refractivity contribution in [1.29, 1.82) is 0 Å². The Morgan fingerprint density at radius 1 is 1.07 bits per heavy atom. The number of primary amides is 1. The molecule has 0 unspecified atom stereocenters. The Labute approximate surface area is 162 Å². The van der Waals surface area contributed by atoms with Crippen molar-refractivity contribution in [3.05, 3.63) is 71.3 Å². The van der Waals surface area contributed by atoms with E-state index in [2.05, 4.69) is 19.2 Å². The quantitative estimate of drug-likeness (QED) is 0.531. The highest BCUT2D eigenvalue weighted by Gasteiger charge is 2.25. The molecule has 2 atom stereocenters. The first-order valence-corrected chi connectivity index (χ1v) is 9.80. The van der Waals surface area contributed by atoms with Crippen LogP contribution in [0.5, 0.6) is 0 Å². The minimum atomic E-state index is -0.607. The van der Waals surface area contributed by atoms with E-state index in [9.17, 15) is 9.90 Å². The maximum Gasteiger partial charge on any atom is 0.248 e. The summed E-state index contributed by atoms with van der Waals surface area (Å²) >= 11 is 0. The number of aliphatic hydroxyl groups is 1. The van der Waals surface area contributed by atoms with Crippen LogP contribution in [0.25, 0.3) is 0 Å². The summed E-state index contributed by atoms with van der Waals surface area (Å²) in [5.41, 5.74) is 8.00. The van der Waals surface area contributed by atoms with Gasteiger partial charge in [0, 0.05) is 18.0 Å². The van der Waals surface area contributed by atoms with Gasteiger partial charge < -0.3 is 16.2 Å². The van der Waals surface area contributed by atoms with Crippen molar-refractivity contribution < 1.29 is 9.90 Å². The van der Waals surface area contributed by atoms with Crippen molar-refractivity contribution in [3.8, 4) is 0 Å². The first kappa shape index (κ1) is 21.1. The van der Waals surface area contributed by atoms with E-state index in [1.54, 1.807) is 12.1 Å². The fourth-order valence-corrected chi connectivity index (χ4v) is 3.39. The molecule has 0 aliphatic carbocycles. The first-order chi connectivity index (χ1) is 13.0. The van der Waals surface area contributed by atoms with Crippen LogP contribution in [0.1, 0.15) is 54.1 Å². The number of amides is 1. The molecule has 146 valence electrons. The lowest BCUT2D eigenvalue weighted by atomic mass is 9.84. The van der Waals surface area contributed by atoms with Crippen molar-refractivity contribution in [2.45, 2.75) is 45.1 Å². The number of rotatable bonds is 11. The highest BCUT2D eigenvalue weighted by atomic mass is 16.3. The number of nitrogens with two attached hydrogens (primary N) is 1. The summed E-state index contributed by atoms with van der Waals surface area (Å²) in [5, 5.41) is 14.3. The second kappa shape index (κ2) is 10.9. The summed E-state index contributed by atoms with van der Waals surface area (Å²) in [5.74, 6) is 0.0273. The number of nitrogens with one attached hydrogen (secondary N) is 1. The zero-order valence-electron chi connectivity index (χ0n) is 16.4. The van der Waals surface area contributed by atoms with E-state index < -0.39 is 12.0 Å². The molecule has 0 saturated carbocycles. The summed E-state index contributed by atoms with van der Waals surface area (Å²) < 4.78 is 0. The van der Waals surface area contributed by atoms with Crippen LogP contribution in [-0.2, 0) is 6.42 Å². The van der Waals surface area contributed by atoms with E-state index in [4.69, 9.17) is 5.73 Å². The molecule has 0 spiro atoms. The Bertz CT molecular complexity index is 701. The molecular weight excluding hydrogens is 336 g/mol. The predicted molar refractivity (Wildman–Crippen MR) is 111 cm³/mol. The van der Waals surface area contributed by atoms with Crippen LogP contribution >= 0.6 is 0 Å². The third-order valence-corrected chi connectivity index (χ3v) is 4.88. The number of carbonyl (C=O) groups is 1. The molecule has 2 aromatic carbocycles. The molecule has 0 heterocycles. The molecular formula is C23H32N2O2. The zero-order chi connectivity index (χ0) is 19.6. The molecule has 4 heteroatoms. The molecule has 4 N–H and O–H groups in total. The second-order valence-corrected chi connectivity index (χ2v) is 7.56. The fraction of sp³-hybridized carbons (Fsp3) is 0.435. The number of benzene rings is 2. The van der Waals surface area contributed by atoms with E-state index in [0.717, 1.165) is 24.1 Å². The van der Waals surface area contributed by atoms with Crippen molar-refractivity contribution in [3.63, 3.8) is 0 Å². The van der Waals surface area contributed by atoms with Crippen molar-refractivity contribution >= 4 is 5.91 Å². The lowest BCUT2D eigenvalue weighted by Crippen LogP contribution is -2.34. The molecule has 0 saturated heterocycles. The van der Waals surface area contributed by atoms with Gasteiger partial charge in [-0.25, -0.2) is 0 Å². The summed E-state index contributed by atoms with van der Waals surface area (Å²) in [6, 6.07) is 17.4. The van der Waals surface area contributed by atoms with Gasteiger partial charge in [0.25, 0.3) is 0 Å². The van der Waals surface area contributed by atoms with Gasteiger partial charge >= 0.3 is 0 Å². The van der Waals surface area contributed by atoms with Crippen LogP contribution in [-0.4, -0.2) is 30.2 Å². The number of aliphatic hydroxyl groups excluding tert-OH is 1. The average Bonchev–Trinajstić information content (AvgIpc) is 2.66. The average molecular weight is 369 g/mol. The molecule has 0 aromatic heterocycles. The summed E-state index contributed by atoms with van der Waals surface area (Å²) in [4.78, 5) is 11.9. The highest BCUT2D eigenvalue weighted by molar-refractivity contribution is 5.94. The summed E-state index contributed by atoms with van der Waals surface area (Å²) in [7, 11) is 0. The minimum Gasteiger partial charge on any atom is -0.391 e. The smallest absolute Gasteiger partial charge is 0.248 e. The van der Waals surface area contributed by atoms with Gasteiger partial charge in [0.1, 0.15) is 0 Å². The van der Waals surface area contributed by atoms with Gasteiger partial charge in [-0.2, -0.15) is 0 Å². The molecule has 0 fully saturated rings. The third kappa shape index (κ3) is 6.81. The Balaban J connectivity index is 2.14. The van der Waals surface area contributed by atoms with Gasteiger partial charge in [-0.3, -0.25) is 4.79 Å². The van der Waals surface area contributed by atoms with Gasteiger partial charge in [-0.1, -0.05) is 62.4 Å². The molecule has 0 radical (unpaired) electrons. The lowest BCUT2D eigenvalue weighted by molar-refractivity contribution is 0.0995. The minimum absolute atomic E-state index is 0.200. The molecule has 0 bridgehead atoms. The van der Waals surface area contributed by atoms with Gasteiger partial charge in [-0.15, -0.1) is 0 Å². The van der Waals surface area contributed by atoms with E-state index in [1.165, 1.54) is 6.42 Å². The molecule has 27 heavy (non-hydrogen) atoms. The molecule has 2 rings (SSSR count). The van der Waals surface area contributed by atoms with Crippen LogP contribution in [0.2, 0.25) is 0 Å². The van der Waals surface area contributed by atoms with Crippen LogP contribution in [0.3, 0.4) is 0 Å². The van der Waals surface area contributed by atoms with Crippen LogP contribution in [0.4, 0.5) is 0 Å². The van der Waals surface area contributed by atoms with Crippen LogP contribution in [0.15, 0.2) is 54.6 Å². The van der Waals surface area contributed by atoms with Crippen molar-refractivity contribution in [2.24, 2.45) is 11.7 Å². The first-order valence-electron chi connectivity index (χ1n) is 9.80. The van der Waals surface area contributed by atoms with Gasteiger partial charge in [-0.05, 0) is 48.9 Å². The third-order valence-electron chi connectivity index (χ3n) is 4.88. The summed E-state index contributed by atoms with van der Waals surface area (Å²) in [6.07, 6.45) is 2.30. The van der Waals surface area contributed by atoms with Crippen molar-refractivity contribution in [1.82, 2.24) is 5.32 Å². The Kier molecular flexibility index (Phi) is 8.49. The SMILES string of the molecule is CC(C)CCCNC[C@H](O)[C@@H](Cc1ccccc1)c1ccccc1C(N)=O. The molecule has 1 amide bonds. The Morgan fingerprint density at radius 3 is 2.41 bits per heavy atom.